The fourth-order valence-electron chi connectivity index (χ4n) is 2.91. The number of nitriles is 1. The minimum Gasteiger partial charge on any atom is -0.494 e. The smallest absolute Gasteiger partial charge is 0.488 e. The molecular formula is C18H21BN2O6. The first-order chi connectivity index (χ1) is 12.8. The number of benzene rings is 1. The lowest BCUT2D eigenvalue weighted by atomic mass is 9.75. The highest BCUT2D eigenvalue weighted by Crippen LogP contribution is 2.42. The average molecular weight is 372 g/mol. The van der Waals surface area contributed by atoms with Crippen molar-refractivity contribution < 1.29 is 29.1 Å². The number of hydrogen-bond donors (Lipinski definition) is 3. The SMILES string of the molecule is CCOC(=O)C1=C(C)OC(N)=C(C#N)C1c1cc(B(O)O)ccc1OCC. The van der Waals surface area contributed by atoms with Crippen LogP contribution >= 0.6 is 0 Å². The lowest BCUT2D eigenvalue weighted by molar-refractivity contribution is -0.139. The monoisotopic (exact) mass is 372 g/mol. The van der Waals surface area contributed by atoms with Crippen molar-refractivity contribution in [3.8, 4) is 11.8 Å². The van der Waals surface area contributed by atoms with E-state index in [0.29, 0.717) is 17.9 Å². The van der Waals surface area contributed by atoms with Crippen molar-refractivity contribution in [3.05, 3.63) is 46.6 Å². The molecule has 0 radical (unpaired) electrons. The van der Waals surface area contributed by atoms with Crippen LogP contribution in [0.4, 0.5) is 0 Å². The Morgan fingerprint density at radius 3 is 2.63 bits per heavy atom. The second kappa shape index (κ2) is 8.62. The summed E-state index contributed by atoms with van der Waals surface area (Å²) in [6.07, 6.45) is 0. The standard InChI is InChI=1S/C18H21BN2O6/c1-4-25-14-7-6-11(19(23)24)8-12(14)16-13(9-20)17(21)27-10(3)15(16)18(22)26-5-2/h6-8,16,23-24H,4-5,21H2,1-3H3. The van der Waals surface area contributed by atoms with E-state index in [-0.39, 0.29) is 34.9 Å². The van der Waals surface area contributed by atoms with Gasteiger partial charge in [-0.05, 0) is 32.3 Å². The van der Waals surface area contributed by atoms with Crippen LogP contribution in [0.5, 0.6) is 5.75 Å². The van der Waals surface area contributed by atoms with Gasteiger partial charge in [0.05, 0.1) is 24.7 Å². The summed E-state index contributed by atoms with van der Waals surface area (Å²) in [5.74, 6) is -1.14. The molecule has 8 nitrogen and oxygen atoms in total. The zero-order valence-corrected chi connectivity index (χ0v) is 15.4. The van der Waals surface area contributed by atoms with Gasteiger partial charge in [0.2, 0.25) is 5.88 Å². The van der Waals surface area contributed by atoms with E-state index in [2.05, 4.69) is 0 Å². The summed E-state index contributed by atoms with van der Waals surface area (Å²) in [7, 11) is -1.73. The summed E-state index contributed by atoms with van der Waals surface area (Å²) in [6, 6.07) is 6.47. The molecule has 0 aliphatic carbocycles. The second-order valence-corrected chi connectivity index (χ2v) is 5.72. The molecule has 0 bridgehead atoms. The molecule has 0 saturated carbocycles. The van der Waals surface area contributed by atoms with E-state index in [1.54, 1.807) is 26.8 Å². The van der Waals surface area contributed by atoms with E-state index >= 15 is 0 Å². The molecule has 1 heterocycles. The number of hydrogen-bond acceptors (Lipinski definition) is 8. The third kappa shape index (κ3) is 4.08. The Labute approximate surface area is 157 Å². The lowest BCUT2D eigenvalue weighted by Gasteiger charge is -2.28. The maximum atomic E-state index is 12.6. The van der Waals surface area contributed by atoms with Gasteiger partial charge in [-0.3, -0.25) is 0 Å². The maximum Gasteiger partial charge on any atom is 0.488 e. The van der Waals surface area contributed by atoms with E-state index in [9.17, 15) is 20.1 Å². The van der Waals surface area contributed by atoms with Crippen LogP contribution in [0.15, 0.2) is 41.0 Å². The van der Waals surface area contributed by atoms with Crippen LogP contribution in [0.25, 0.3) is 0 Å². The number of nitrogens with two attached hydrogens (primary N) is 1. The predicted molar refractivity (Wildman–Crippen MR) is 97.4 cm³/mol. The molecule has 2 rings (SSSR count). The van der Waals surface area contributed by atoms with Crippen LogP contribution in [0.3, 0.4) is 0 Å². The molecule has 1 atom stereocenters. The molecule has 27 heavy (non-hydrogen) atoms. The zero-order chi connectivity index (χ0) is 20.1. The normalized spacial score (nSPS) is 16.5. The average Bonchev–Trinajstić information content (AvgIpc) is 2.61. The number of allylic oxidation sites excluding steroid dienone is 2. The third-order valence-electron chi connectivity index (χ3n) is 4.04. The van der Waals surface area contributed by atoms with Crippen molar-refractivity contribution in [1.82, 2.24) is 0 Å². The van der Waals surface area contributed by atoms with Crippen LogP contribution in [-0.2, 0) is 14.3 Å². The predicted octanol–water partition coefficient (Wildman–Crippen LogP) is 0.410. The van der Waals surface area contributed by atoms with Crippen LogP contribution in [0.1, 0.15) is 32.3 Å². The second-order valence-electron chi connectivity index (χ2n) is 5.72. The molecule has 1 aromatic rings. The topological polar surface area (TPSA) is 135 Å². The zero-order valence-electron chi connectivity index (χ0n) is 15.4. The third-order valence-corrected chi connectivity index (χ3v) is 4.04. The van der Waals surface area contributed by atoms with Crippen molar-refractivity contribution in [1.29, 1.82) is 5.26 Å². The van der Waals surface area contributed by atoms with Gasteiger partial charge in [0.1, 0.15) is 23.2 Å². The Morgan fingerprint density at radius 2 is 2.07 bits per heavy atom. The van der Waals surface area contributed by atoms with Gasteiger partial charge in [-0.15, -0.1) is 0 Å². The summed E-state index contributed by atoms with van der Waals surface area (Å²) in [6.45, 7) is 5.46. The fourth-order valence-corrected chi connectivity index (χ4v) is 2.91. The largest absolute Gasteiger partial charge is 0.494 e. The van der Waals surface area contributed by atoms with Gasteiger partial charge in [0.15, 0.2) is 0 Å². The molecule has 0 aromatic heterocycles. The molecule has 1 aromatic carbocycles. The lowest BCUT2D eigenvalue weighted by Crippen LogP contribution is -2.32. The quantitative estimate of drug-likeness (QED) is 0.483. The highest BCUT2D eigenvalue weighted by atomic mass is 16.5. The fraction of sp³-hybridized carbons (Fsp3) is 0.333. The van der Waals surface area contributed by atoms with Gasteiger partial charge >= 0.3 is 13.1 Å². The Bertz CT molecular complexity index is 841. The highest BCUT2D eigenvalue weighted by molar-refractivity contribution is 6.58. The molecule has 1 aliphatic heterocycles. The highest BCUT2D eigenvalue weighted by Gasteiger charge is 2.38. The maximum absolute atomic E-state index is 12.6. The van der Waals surface area contributed by atoms with Gasteiger partial charge in [0, 0.05) is 5.56 Å². The van der Waals surface area contributed by atoms with E-state index in [1.807, 2.05) is 6.07 Å². The molecule has 0 amide bonds. The molecule has 4 N–H and O–H groups in total. The van der Waals surface area contributed by atoms with Crippen LogP contribution in [0.2, 0.25) is 0 Å². The number of nitrogens with zero attached hydrogens (tertiary/aromatic N) is 1. The van der Waals surface area contributed by atoms with Gasteiger partial charge in [-0.25, -0.2) is 4.79 Å². The number of esters is 1. The minimum absolute atomic E-state index is 0.00851. The molecule has 9 heteroatoms. The van der Waals surface area contributed by atoms with E-state index < -0.39 is 19.0 Å². The van der Waals surface area contributed by atoms with Crippen LogP contribution in [-0.4, -0.2) is 36.3 Å². The minimum atomic E-state index is -1.73. The summed E-state index contributed by atoms with van der Waals surface area (Å²) < 4.78 is 16.1. The van der Waals surface area contributed by atoms with Gasteiger partial charge in [-0.1, -0.05) is 12.1 Å². The molecule has 1 aliphatic rings. The molecule has 0 saturated heterocycles. The van der Waals surface area contributed by atoms with E-state index in [1.165, 1.54) is 12.1 Å². The van der Waals surface area contributed by atoms with Crippen molar-refractivity contribution >= 4 is 18.6 Å². The van der Waals surface area contributed by atoms with Crippen molar-refractivity contribution in [2.45, 2.75) is 26.7 Å². The van der Waals surface area contributed by atoms with Crippen LogP contribution < -0.4 is 15.9 Å². The molecule has 0 fully saturated rings. The van der Waals surface area contributed by atoms with E-state index in [0.717, 1.165) is 0 Å². The summed E-state index contributed by atoms with van der Waals surface area (Å²) >= 11 is 0. The Morgan fingerprint density at radius 1 is 1.37 bits per heavy atom. The summed E-state index contributed by atoms with van der Waals surface area (Å²) in [5.41, 5.74) is 6.55. The summed E-state index contributed by atoms with van der Waals surface area (Å²) in [4.78, 5) is 12.6. The van der Waals surface area contributed by atoms with Crippen LogP contribution in [0, 0.1) is 11.3 Å². The Kier molecular flexibility index (Phi) is 6.50. The molecule has 1 unspecified atom stereocenters. The van der Waals surface area contributed by atoms with Gasteiger partial charge < -0.3 is 30.0 Å². The van der Waals surface area contributed by atoms with Gasteiger partial charge in [-0.2, -0.15) is 5.26 Å². The molecule has 0 spiro atoms. The number of rotatable bonds is 6. The molecule has 142 valence electrons. The first kappa shape index (κ1) is 20.4. The van der Waals surface area contributed by atoms with Gasteiger partial charge in [0.25, 0.3) is 0 Å². The van der Waals surface area contributed by atoms with Crippen molar-refractivity contribution in [3.63, 3.8) is 0 Å². The number of carbonyl (C=O) groups is 1. The Balaban J connectivity index is 2.75. The number of carbonyl (C=O) groups excluding carboxylic acids is 1. The Hall–Kier alpha value is -2.96. The van der Waals surface area contributed by atoms with Crippen molar-refractivity contribution in [2.24, 2.45) is 5.73 Å². The van der Waals surface area contributed by atoms with E-state index in [4.69, 9.17) is 19.9 Å². The first-order valence-electron chi connectivity index (χ1n) is 8.43. The first-order valence-corrected chi connectivity index (χ1v) is 8.43. The number of ether oxygens (including phenoxy) is 3. The van der Waals surface area contributed by atoms with Crippen molar-refractivity contribution in [2.75, 3.05) is 13.2 Å². The summed E-state index contributed by atoms with van der Waals surface area (Å²) in [5, 5.41) is 28.7. The molecular weight excluding hydrogens is 351 g/mol.